The van der Waals surface area contributed by atoms with Gasteiger partial charge in [0.15, 0.2) is 0 Å². The lowest BCUT2D eigenvalue weighted by molar-refractivity contribution is -0.125. The quantitative estimate of drug-likeness (QED) is 0.779. The van der Waals surface area contributed by atoms with E-state index in [0.717, 1.165) is 31.5 Å². The van der Waals surface area contributed by atoms with Gasteiger partial charge < -0.3 is 16.0 Å². The Labute approximate surface area is 135 Å². The minimum atomic E-state index is -0.479. The van der Waals surface area contributed by atoms with Gasteiger partial charge in [0.1, 0.15) is 6.04 Å². The highest BCUT2D eigenvalue weighted by Gasteiger charge is 2.23. The molecule has 0 aliphatic carbocycles. The fourth-order valence-electron chi connectivity index (χ4n) is 2.42. The molecule has 0 saturated carbocycles. The maximum Gasteiger partial charge on any atom is 0.247 e. The monoisotopic (exact) mass is 323 g/mol. The van der Waals surface area contributed by atoms with E-state index in [1.54, 1.807) is 12.1 Å². The molecule has 22 heavy (non-hydrogen) atoms. The standard InChI is InChI=1S/C16H22ClN3O2/c1-2-9-18-12-8-7-11(17)10-14(12)20-16(22)13-5-3-4-6-15(21)19-13/h7-8,10,13,18H,2-6,9H2,1H3,(H,19,21)(H,20,22). The smallest absolute Gasteiger partial charge is 0.247 e. The molecule has 1 unspecified atom stereocenters. The second-order valence-electron chi connectivity index (χ2n) is 5.47. The number of hydrogen-bond donors (Lipinski definition) is 3. The molecular formula is C16H22ClN3O2. The van der Waals surface area contributed by atoms with E-state index in [4.69, 9.17) is 11.6 Å². The van der Waals surface area contributed by atoms with Gasteiger partial charge in [0.2, 0.25) is 11.8 Å². The molecule has 1 aliphatic heterocycles. The van der Waals surface area contributed by atoms with E-state index in [2.05, 4.69) is 22.9 Å². The maximum absolute atomic E-state index is 12.4. The van der Waals surface area contributed by atoms with Crippen molar-refractivity contribution in [2.75, 3.05) is 17.2 Å². The van der Waals surface area contributed by atoms with Crippen molar-refractivity contribution in [2.45, 2.75) is 45.1 Å². The van der Waals surface area contributed by atoms with Crippen molar-refractivity contribution in [3.63, 3.8) is 0 Å². The molecule has 120 valence electrons. The molecule has 6 heteroatoms. The average Bonchev–Trinajstić information content (AvgIpc) is 2.71. The van der Waals surface area contributed by atoms with Crippen LogP contribution >= 0.6 is 11.6 Å². The zero-order chi connectivity index (χ0) is 15.9. The van der Waals surface area contributed by atoms with Crippen molar-refractivity contribution < 1.29 is 9.59 Å². The average molecular weight is 324 g/mol. The summed E-state index contributed by atoms with van der Waals surface area (Å²) in [5, 5.41) is 9.47. The third kappa shape index (κ3) is 4.63. The topological polar surface area (TPSA) is 70.2 Å². The lowest BCUT2D eigenvalue weighted by atomic mass is 10.1. The van der Waals surface area contributed by atoms with Gasteiger partial charge in [-0.15, -0.1) is 0 Å². The molecule has 1 heterocycles. The van der Waals surface area contributed by atoms with Gasteiger partial charge in [0, 0.05) is 18.0 Å². The molecular weight excluding hydrogens is 302 g/mol. The molecule has 1 fully saturated rings. The van der Waals surface area contributed by atoms with Crippen LogP contribution in [0.3, 0.4) is 0 Å². The van der Waals surface area contributed by atoms with Crippen molar-refractivity contribution in [1.82, 2.24) is 5.32 Å². The number of nitrogens with one attached hydrogen (secondary N) is 3. The Kier molecular flexibility index (Phi) is 6.07. The molecule has 1 saturated heterocycles. The molecule has 3 N–H and O–H groups in total. The van der Waals surface area contributed by atoms with E-state index < -0.39 is 6.04 Å². The Morgan fingerprint density at radius 2 is 2.18 bits per heavy atom. The molecule has 1 aromatic rings. The van der Waals surface area contributed by atoms with Crippen molar-refractivity contribution in [2.24, 2.45) is 0 Å². The summed E-state index contributed by atoms with van der Waals surface area (Å²) in [6.45, 7) is 2.88. The summed E-state index contributed by atoms with van der Waals surface area (Å²) >= 11 is 6.02. The molecule has 1 atom stereocenters. The molecule has 0 radical (unpaired) electrons. The number of benzene rings is 1. The predicted molar refractivity (Wildman–Crippen MR) is 89.3 cm³/mol. The largest absolute Gasteiger partial charge is 0.383 e. The Morgan fingerprint density at radius 1 is 1.36 bits per heavy atom. The summed E-state index contributed by atoms with van der Waals surface area (Å²) < 4.78 is 0. The number of carbonyl (C=O) groups is 2. The first-order valence-electron chi connectivity index (χ1n) is 7.74. The fraction of sp³-hybridized carbons (Fsp3) is 0.500. The van der Waals surface area contributed by atoms with Gasteiger partial charge in [0.25, 0.3) is 0 Å². The molecule has 2 amide bonds. The van der Waals surface area contributed by atoms with Crippen LogP contribution in [0.15, 0.2) is 18.2 Å². The maximum atomic E-state index is 12.4. The molecule has 0 spiro atoms. The first-order valence-corrected chi connectivity index (χ1v) is 8.11. The van der Waals surface area contributed by atoms with Crippen LogP contribution < -0.4 is 16.0 Å². The normalized spacial score (nSPS) is 18.3. The summed E-state index contributed by atoms with van der Waals surface area (Å²) in [6.07, 6.45) is 3.83. The van der Waals surface area contributed by atoms with E-state index in [1.165, 1.54) is 0 Å². The van der Waals surface area contributed by atoms with Crippen LogP contribution in [0.2, 0.25) is 5.02 Å². The number of carbonyl (C=O) groups excluding carboxylic acids is 2. The minimum absolute atomic E-state index is 0.0620. The third-order valence-electron chi connectivity index (χ3n) is 3.60. The van der Waals surface area contributed by atoms with Crippen LogP contribution in [0.5, 0.6) is 0 Å². The summed E-state index contributed by atoms with van der Waals surface area (Å²) in [7, 11) is 0. The van der Waals surface area contributed by atoms with E-state index in [-0.39, 0.29) is 11.8 Å². The minimum Gasteiger partial charge on any atom is -0.383 e. The Morgan fingerprint density at radius 3 is 2.95 bits per heavy atom. The van der Waals surface area contributed by atoms with E-state index in [0.29, 0.717) is 23.6 Å². The molecule has 0 bridgehead atoms. The van der Waals surface area contributed by atoms with Crippen molar-refractivity contribution in [3.8, 4) is 0 Å². The zero-order valence-corrected chi connectivity index (χ0v) is 13.5. The van der Waals surface area contributed by atoms with Gasteiger partial charge in [-0.05, 0) is 37.5 Å². The Bertz CT molecular complexity index is 548. The SMILES string of the molecule is CCCNc1ccc(Cl)cc1NC(=O)C1CCCCC(=O)N1. The van der Waals surface area contributed by atoms with Crippen molar-refractivity contribution in [3.05, 3.63) is 23.2 Å². The van der Waals surface area contributed by atoms with Crippen LogP contribution in [-0.2, 0) is 9.59 Å². The van der Waals surface area contributed by atoms with Crippen LogP contribution in [0.1, 0.15) is 39.0 Å². The highest BCUT2D eigenvalue weighted by molar-refractivity contribution is 6.31. The number of anilines is 2. The predicted octanol–water partition coefficient (Wildman–Crippen LogP) is 3.16. The summed E-state index contributed by atoms with van der Waals surface area (Å²) in [4.78, 5) is 24.0. The number of hydrogen-bond acceptors (Lipinski definition) is 3. The summed E-state index contributed by atoms with van der Waals surface area (Å²) in [5.74, 6) is -0.259. The number of rotatable bonds is 5. The van der Waals surface area contributed by atoms with Crippen LogP contribution in [0.25, 0.3) is 0 Å². The van der Waals surface area contributed by atoms with E-state index in [1.807, 2.05) is 6.07 Å². The van der Waals surface area contributed by atoms with Gasteiger partial charge in [-0.1, -0.05) is 24.9 Å². The first-order chi connectivity index (χ1) is 10.6. The number of amides is 2. The zero-order valence-electron chi connectivity index (χ0n) is 12.7. The van der Waals surface area contributed by atoms with Crippen molar-refractivity contribution in [1.29, 1.82) is 0 Å². The first kappa shape index (κ1) is 16.6. The lowest BCUT2D eigenvalue weighted by Gasteiger charge is -2.18. The number of halogens is 1. The second kappa shape index (κ2) is 8.03. The van der Waals surface area contributed by atoms with Crippen LogP contribution in [0, 0.1) is 0 Å². The Balaban J connectivity index is 2.09. The molecule has 2 rings (SSSR count). The van der Waals surface area contributed by atoms with E-state index >= 15 is 0 Å². The third-order valence-corrected chi connectivity index (χ3v) is 3.84. The van der Waals surface area contributed by atoms with Gasteiger partial charge in [-0.3, -0.25) is 9.59 Å². The molecule has 1 aliphatic rings. The molecule has 5 nitrogen and oxygen atoms in total. The van der Waals surface area contributed by atoms with Crippen LogP contribution in [-0.4, -0.2) is 24.4 Å². The highest BCUT2D eigenvalue weighted by atomic mass is 35.5. The van der Waals surface area contributed by atoms with Gasteiger partial charge in [0.05, 0.1) is 11.4 Å². The fourth-order valence-corrected chi connectivity index (χ4v) is 2.59. The van der Waals surface area contributed by atoms with Crippen molar-refractivity contribution >= 4 is 34.8 Å². The molecule has 0 aromatic heterocycles. The van der Waals surface area contributed by atoms with Gasteiger partial charge >= 0.3 is 0 Å². The highest BCUT2D eigenvalue weighted by Crippen LogP contribution is 2.26. The second-order valence-corrected chi connectivity index (χ2v) is 5.91. The summed E-state index contributed by atoms with van der Waals surface area (Å²) in [5.41, 5.74) is 1.48. The van der Waals surface area contributed by atoms with E-state index in [9.17, 15) is 9.59 Å². The summed E-state index contributed by atoms with van der Waals surface area (Å²) in [6, 6.07) is 4.87. The lowest BCUT2D eigenvalue weighted by Crippen LogP contribution is -2.42. The van der Waals surface area contributed by atoms with Gasteiger partial charge in [-0.2, -0.15) is 0 Å². The Hall–Kier alpha value is -1.75. The molecule has 1 aromatic carbocycles. The van der Waals surface area contributed by atoms with Gasteiger partial charge in [-0.25, -0.2) is 0 Å². The van der Waals surface area contributed by atoms with Crippen LogP contribution in [0.4, 0.5) is 11.4 Å².